The molecule has 0 N–H and O–H groups in total. The van der Waals surface area contributed by atoms with E-state index in [4.69, 9.17) is 4.74 Å². The van der Waals surface area contributed by atoms with Crippen molar-refractivity contribution < 1.29 is 17.9 Å². The van der Waals surface area contributed by atoms with Gasteiger partial charge in [0.15, 0.2) is 11.6 Å². The van der Waals surface area contributed by atoms with Gasteiger partial charge in [0.1, 0.15) is 18.2 Å². The number of halogens is 3. The minimum atomic E-state index is -0.659. The predicted octanol–water partition coefficient (Wildman–Crippen LogP) is 7.94. The molecule has 2 aromatic rings. The largest absolute Gasteiger partial charge is 0.486 e. The van der Waals surface area contributed by atoms with Crippen LogP contribution in [-0.4, -0.2) is 6.61 Å². The molecule has 4 rings (SSSR count). The van der Waals surface area contributed by atoms with Gasteiger partial charge in [-0.25, -0.2) is 13.2 Å². The molecule has 178 valence electrons. The highest BCUT2D eigenvalue weighted by Gasteiger charge is 2.35. The molecule has 2 aromatic carbocycles. The Morgan fingerprint density at radius 1 is 0.941 bits per heavy atom. The Bertz CT molecular complexity index is 1100. The lowest BCUT2D eigenvalue weighted by Gasteiger charge is -2.41. The van der Waals surface area contributed by atoms with E-state index in [1.54, 1.807) is 6.07 Å². The molecule has 0 aromatic heterocycles. The van der Waals surface area contributed by atoms with Crippen molar-refractivity contribution in [1.82, 2.24) is 0 Å². The van der Waals surface area contributed by atoms with E-state index in [0.29, 0.717) is 17.4 Å². The summed E-state index contributed by atoms with van der Waals surface area (Å²) in [5.41, 5.74) is 0.763. The predicted molar refractivity (Wildman–Crippen MR) is 130 cm³/mol. The molecule has 0 saturated heterocycles. The van der Waals surface area contributed by atoms with Crippen molar-refractivity contribution >= 4 is 0 Å². The summed E-state index contributed by atoms with van der Waals surface area (Å²) in [6.45, 7) is 5.78. The van der Waals surface area contributed by atoms with Gasteiger partial charge in [-0.3, -0.25) is 0 Å². The lowest BCUT2D eigenvalue weighted by atomic mass is 9.64. The molecule has 0 heterocycles. The highest BCUT2D eigenvalue weighted by atomic mass is 19.1. The van der Waals surface area contributed by atoms with E-state index in [0.717, 1.165) is 30.7 Å². The zero-order chi connectivity index (χ0) is 24.1. The Balaban J connectivity index is 1.46. The van der Waals surface area contributed by atoms with Gasteiger partial charge in [-0.1, -0.05) is 36.6 Å². The smallest absolute Gasteiger partial charge is 0.166 e. The number of ether oxygens (including phenoxy) is 1. The molecule has 2 aliphatic rings. The fourth-order valence-electron chi connectivity index (χ4n) is 5.60. The first-order valence-corrected chi connectivity index (χ1v) is 12.2. The second-order valence-electron chi connectivity index (χ2n) is 9.48. The molecule has 0 spiro atoms. The Kier molecular flexibility index (Phi) is 7.83. The number of fused-ring (bicyclic) bond motifs is 1. The standard InChI is InChI=1S/C30H31F3O/c1-3-5-20-6-9-23-17-24(11-10-22(23)15-20)25-18-27(31)26(28(32)19-25)12-7-21-8-13-30(29(33)16-21)34-14-4-2/h3-5,8,13,16,18-20,22-24H,2,6,9-11,14-15,17H2,1H3/b5-3+. The molecule has 4 heteroatoms. The Hall–Kier alpha value is -2.93. The first kappa shape index (κ1) is 24.2. The first-order valence-electron chi connectivity index (χ1n) is 12.2. The van der Waals surface area contributed by atoms with Crippen molar-refractivity contribution in [1.29, 1.82) is 0 Å². The van der Waals surface area contributed by atoms with Crippen LogP contribution >= 0.6 is 0 Å². The van der Waals surface area contributed by atoms with Crippen molar-refractivity contribution in [2.24, 2.45) is 17.8 Å². The van der Waals surface area contributed by atoms with Gasteiger partial charge in [-0.15, -0.1) is 0 Å². The van der Waals surface area contributed by atoms with Crippen LogP contribution in [0.3, 0.4) is 0 Å². The lowest BCUT2D eigenvalue weighted by Crippen LogP contribution is -2.30. The van der Waals surface area contributed by atoms with Gasteiger partial charge in [-0.2, -0.15) is 0 Å². The van der Waals surface area contributed by atoms with Gasteiger partial charge in [0.05, 0.1) is 5.56 Å². The maximum atomic E-state index is 14.9. The first-order chi connectivity index (χ1) is 16.5. The van der Waals surface area contributed by atoms with Crippen molar-refractivity contribution in [3.05, 3.63) is 89.3 Å². The van der Waals surface area contributed by atoms with Gasteiger partial charge in [0, 0.05) is 5.56 Å². The molecule has 1 nitrogen and oxygen atoms in total. The molecule has 2 fully saturated rings. The van der Waals surface area contributed by atoms with Crippen LogP contribution in [0.25, 0.3) is 0 Å². The molecule has 2 saturated carbocycles. The highest BCUT2D eigenvalue weighted by Crippen LogP contribution is 2.48. The van der Waals surface area contributed by atoms with Crippen molar-refractivity contribution in [2.45, 2.75) is 51.4 Å². The van der Waals surface area contributed by atoms with Crippen LogP contribution in [0.4, 0.5) is 13.2 Å². The Morgan fingerprint density at radius 3 is 2.38 bits per heavy atom. The zero-order valence-corrected chi connectivity index (χ0v) is 19.6. The molecule has 0 radical (unpaired) electrons. The van der Waals surface area contributed by atoms with Crippen LogP contribution in [0.5, 0.6) is 5.75 Å². The maximum absolute atomic E-state index is 14.9. The second-order valence-corrected chi connectivity index (χ2v) is 9.48. The quantitative estimate of drug-likeness (QED) is 0.322. The van der Waals surface area contributed by atoms with Crippen LogP contribution in [-0.2, 0) is 0 Å². The lowest BCUT2D eigenvalue weighted by molar-refractivity contribution is 0.133. The second kappa shape index (κ2) is 11.0. The summed E-state index contributed by atoms with van der Waals surface area (Å²) in [6.07, 6.45) is 12.7. The summed E-state index contributed by atoms with van der Waals surface area (Å²) in [5.74, 6) is 5.62. The summed E-state index contributed by atoms with van der Waals surface area (Å²) in [6, 6.07) is 7.08. The molecular formula is C30H31F3O. The van der Waals surface area contributed by atoms with Crippen molar-refractivity contribution in [2.75, 3.05) is 6.61 Å². The summed E-state index contributed by atoms with van der Waals surface area (Å²) in [4.78, 5) is 0. The third-order valence-corrected chi connectivity index (χ3v) is 7.27. The Morgan fingerprint density at radius 2 is 1.68 bits per heavy atom. The van der Waals surface area contributed by atoms with Gasteiger partial charge in [0.2, 0.25) is 0 Å². The number of hydrogen-bond donors (Lipinski definition) is 0. The van der Waals surface area contributed by atoms with Gasteiger partial charge in [-0.05, 0) is 105 Å². The van der Waals surface area contributed by atoms with Crippen LogP contribution in [0.2, 0.25) is 0 Å². The average Bonchev–Trinajstić information content (AvgIpc) is 2.82. The molecule has 34 heavy (non-hydrogen) atoms. The molecule has 0 aliphatic heterocycles. The third-order valence-electron chi connectivity index (χ3n) is 7.27. The zero-order valence-electron chi connectivity index (χ0n) is 19.6. The Labute approximate surface area is 200 Å². The summed E-state index contributed by atoms with van der Waals surface area (Å²) < 4.78 is 49.0. The topological polar surface area (TPSA) is 9.23 Å². The van der Waals surface area contributed by atoms with Crippen LogP contribution < -0.4 is 4.74 Å². The fourth-order valence-corrected chi connectivity index (χ4v) is 5.60. The monoisotopic (exact) mass is 464 g/mol. The number of hydrogen-bond acceptors (Lipinski definition) is 1. The third kappa shape index (κ3) is 5.58. The number of rotatable bonds is 5. The molecule has 0 amide bonds. The summed E-state index contributed by atoms with van der Waals surface area (Å²) >= 11 is 0. The van der Waals surface area contributed by atoms with Gasteiger partial charge in [0.25, 0.3) is 0 Å². The molecule has 2 aliphatic carbocycles. The fraction of sp³-hybridized carbons (Fsp3) is 0.400. The normalized spacial score (nSPS) is 24.2. The van der Waals surface area contributed by atoms with E-state index in [1.807, 2.05) is 0 Å². The highest BCUT2D eigenvalue weighted by molar-refractivity contribution is 5.47. The van der Waals surface area contributed by atoms with E-state index >= 15 is 0 Å². The van der Waals surface area contributed by atoms with Crippen LogP contribution in [0.1, 0.15) is 68.1 Å². The molecule has 0 bridgehead atoms. The minimum Gasteiger partial charge on any atom is -0.486 e. The SMILES string of the molecule is C=CCOc1ccc(C#Cc2c(F)cc(C3CCC4CC(/C=C/C)CCC4C3)cc2F)cc1F. The van der Waals surface area contributed by atoms with Crippen LogP contribution in [0.15, 0.2) is 55.1 Å². The van der Waals surface area contributed by atoms with E-state index in [9.17, 15) is 13.2 Å². The van der Waals surface area contributed by atoms with E-state index in [1.165, 1.54) is 49.6 Å². The molecular weight excluding hydrogens is 433 g/mol. The van der Waals surface area contributed by atoms with Gasteiger partial charge >= 0.3 is 0 Å². The average molecular weight is 465 g/mol. The minimum absolute atomic E-state index is 0.0807. The maximum Gasteiger partial charge on any atom is 0.166 e. The summed E-state index contributed by atoms with van der Waals surface area (Å²) in [5, 5.41) is 0. The number of benzene rings is 2. The summed E-state index contributed by atoms with van der Waals surface area (Å²) in [7, 11) is 0. The van der Waals surface area contributed by atoms with Crippen molar-refractivity contribution in [3.63, 3.8) is 0 Å². The van der Waals surface area contributed by atoms with Crippen molar-refractivity contribution in [3.8, 4) is 17.6 Å². The van der Waals surface area contributed by atoms with Crippen LogP contribution in [0, 0.1) is 47.0 Å². The molecule has 4 atom stereocenters. The molecule has 4 unspecified atom stereocenters. The van der Waals surface area contributed by atoms with E-state index in [-0.39, 0.29) is 23.8 Å². The van der Waals surface area contributed by atoms with E-state index < -0.39 is 17.5 Å². The van der Waals surface area contributed by atoms with Gasteiger partial charge < -0.3 is 4.74 Å². The van der Waals surface area contributed by atoms with E-state index in [2.05, 4.69) is 37.5 Å². The number of allylic oxidation sites excluding steroid dienone is 2.